The summed E-state index contributed by atoms with van der Waals surface area (Å²) in [4.78, 5) is 12.4. The van der Waals surface area contributed by atoms with Crippen molar-refractivity contribution in [3.63, 3.8) is 0 Å². The summed E-state index contributed by atoms with van der Waals surface area (Å²) in [5, 5.41) is 19.7. The Morgan fingerprint density at radius 2 is 2.21 bits per heavy atom. The van der Waals surface area contributed by atoms with Crippen LogP contribution in [0.1, 0.15) is 27.4 Å². The zero-order valence-corrected chi connectivity index (χ0v) is 10.3. The van der Waals surface area contributed by atoms with Crippen LogP contribution in [0, 0.1) is 6.92 Å². The third-order valence-corrected chi connectivity index (χ3v) is 2.90. The molecule has 0 aliphatic carbocycles. The highest BCUT2D eigenvalue weighted by atomic mass is 16.3. The largest absolute Gasteiger partial charge is 0.390 e. The van der Waals surface area contributed by atoms with E-state index in [1.54, 1.807) is 18.2 Å². The highest BCUT2D eigenvalue weighted by Gasteiger charge is 2.18. The first-order valence-corrected chi connectivity index (χ1v) is 5.84. The molecule has 2 heterocycles. The lowest BCUT2D eigenvalue weighted by Gasteiger charge is -1.99. The van der Waals surface area contributed by atoms with Gasteiger partial charge >= 0.3 is 0 Å². The van der Waals surface area contributed by atoms with E-state index in [0.717, 1.165) is 5.56 Å². The maximum atomic E-state index is 12.4. The van der Waals surface area contributed by atoms with Gasteiger partial charge in [-0.2, -0.15) is 0 Å². The Kier molecular flexibility index (Phi) is 2.64. The van der Waals surface area contributed by atoms with Gasteiger partial charge in [-0.3, -0.25) is 9.89 Å². The number of aromatic nitrogens is 4. The molecule has 0 fully saturated rings. The summed E-state index contributed by atoms with van der Waals surface area (Å²) < 4.78 is 1.48. The molecule has 0 atom stereocenters. The number of aliphatic hydroxyl groups excluding tert-OH is 1. The van der Waals surface area contributed by atoms with E-state index in [4.69, 9.17) is 5.11 Å². The molecule has 0 radical (unpaired) electrons. The van der Waals surface area contributed by atoms with Crippen molar-refractivity contribution in [2.45, 2.75) is 13.5 Å². The third kappa shape index (κ3) is 1.92. The summed E-state index contributed by atoms with van der Waals surface area (Å²) in [7, 11) is 0. The summed E-state index contributed by atoms with van der Waals surface area (Å²) in [6.07, 6.45) is 0. The Morgan fingerprint density at radius 1 is 1.37 bits per heavy atom. The molecule has 2 aromatic heterocycles. The monoisotopic (exact) mass is 256 g/mol. The van der Waals surface area contributed by atoms with Gasteiger partial charge in [0.05, 0.1) is 12.3 Å². The minimum Gasteiger partial charge on any atom is -0.390 e. The molecule has 1 aromatic carbocycles. The van der Waals surface area contributed by atoms with E-state index in [2.05, 4.69) is 15.3 Å². The van der Waals surface area contributed by atoms with Crippen LogP contribution in [0.4, 0.5) is 0 Å². The lowest BCUT2D eigenvalue weighted by Crippen LogP contribution is -2.08. The molecule has 0 amide bonds. The van der Waals surface area contributed by atoms with Crippen molar-refractivity contribution in [3.8, 4) is 0 Å². The van der Waals surface area contributed by atoms with Crippen molar-refractivity contribution in [2.75, 3.05) is 0 Å². The van der Waals surface area contributed by atoms with Crippen LogP contribution in [0.5, 0.6) is 0 Å². The average molecular weight is 256 g/mol. The molecule has 96 valence electrons. The number of ketones is 1. The van der Waals surface area contributed by atoms with Gasteiger partial charge in [0, 0.05) is 11.6 Å². The van der Waals surface area contributed by atoms with Gasteiger partial charge in [0.15, 0.2) is 5.65 Å². The molecule has 0 spiro atoms. The molecule has 3 aromatic rings. The summed E-state index contributed by atoms with van der Waals surface area (Å²) in [6, 6.07) is 8.95. The second-order valence-corrected chi connectivity index (χ2v) is 4.36. The summed E-state index contributed by atoms with van der Waals surface area (Å²) in [5.74, 6) is 0.00263. The molecule has 6 nitrogen and oxygen atoms in total. The number of H-pyrrole nitrogens is 1. The van der Waals surface area contributed by atoms with E-state index in [9.17, 15) is 4.79 Å². The van der Waals surface area contributed by atoms with E-state index >= 15 is 0 Å². The second-order valence-electron chi connectivity index (χ2n) is 4.36. The first-order chi connectivity index (χ1) is 9.19. The zero-order valence-electron chi connectivity index (χ0n) is 10.3. The summed E-state index contributed by atoms with van der Waals surface area (Å²) in [6.45, 7) is 1.79. The number of hydrogen-bond acceptors (Lipinski definition) is 4. The molecule has 0 aliphatic rings. The molecular formula is C13H12N4O2. The predicted octanol–water partition coefficient (Wildman–Crippen LogP) is 1.09. The molecule has 6 heteroatoms. The van der Waals surface area contributed by atoms with Gasteiger partial charge in [0.2, 0.25) is 11.6 Å². The van der Waals surface area contributed by atoms with Crippen molar-refractivity contribution < 1.29 is 9.90 Å². The number of carbonyl (C=O) groups is 1. The van der Waals surface area contributed by atoms with Crippen LogP contribution < -0.4 is 0 Å². The van der Waals surface area contributed by atoms with Crippen molar-refractivity contribution >= 4 is 11.4 Å². The number of aryl methyl sites for hydroxylation is 1. The molecule has 2 N–H and O–H groups in total. The van der Waals surface area contributed by atoms with E-state index in [1.807, 2.05) is 19.1 Å². The summed E-state index contributed by atoms with van der Waals surface area (Å²) in [5.41, 5.74) is 2.67. The lowest BCUT2D eigenvalue weighted by atomic mass is 10.1. The van der Waals surface area contributed by atoms with Gasteiger partial charge in [-0.05, 0) is 13.0 Å². The average Bonchev–Trinajstić information content (AvgIpc) is 2.97. The van der Waals surface area contributed by atoms with Crippen LogP contribution in [0.15, 0.2) is 30.3 Å². The molecule has 0 bridgehead atoms. The quantitative estimate of drug-likeness (QED) is 0.687. The Morgan fingerprint density at radius 3 is 2.95 bits per heavy atom. The topological polar surface area (TPSA) is 83.3 Å². The van der Waals surface area contributed by atoms with Crippen LogP contribution >= 0.6 is 0 Å². The number of nitrogens with one attached hydrogen (secondary N) is 1. The van der Waals surface area contributed by atoms with Crippen molar-refractivity contribution in [2.24, 2.45) is 0 Å². The molecule has 0 unspecified atom stereocenters. The lowest BCUT2D eigenvalue weighted by molar-refractivity contribution is 0.102. The maximum Gasteiger partial charge on any atom is 0.232 e. The van der Waals surface area contributed by atoms with Gasteiger partial charge < -0.3 is 5.11 Å². The number of fused-ring (bicyclic) bond motifs is 1. The maximum absolute atomic E-state index is 12.4. The molecule has 19 heavy (non-hydrogen) atoms. The van der Waals surface area contributed by atoms with Crippen molar-refractivity contribution in [3.05, 3.63) is 53.0 Å². The first kappa shape index (κ1) is 11.6. The van der Waals surface area contributed by atoms with Gasteiger partial charge in [-0.15, -0.1) is 10.2 Å². The van der Waals surface area contributed by atoms with Crippen molar-refractivity contribution in [1.82, 2.24) is 19.8 Å². The fourth-order valence-corrected chi connectivity index (χ4v) is 1.98. The predicted molar refractivity (Wildman–Crippen MR) is 67.9 cm³/mol. The molecule has 0 saturated carbocycles. The first-order valence-electron chi connectivity index (χ1n) is 5.84. The standard InChI is InChI=1S/C13H12N4O2/c1-8-3-2-4-9(5-8)12(19)13-15-14-11-6-10(7-18)16-17(11)13/h2-6,16,18H,7H2,1H3. The Balaban J connectivity index is 2.08. The molecule has 0 aliphatic heterocycles. The van der Waals surface area contributed by atoms with Crippen LogP contribution in [0.3, 0.4) is 0 Å². The number of aromatic amines is 1. The summed E-state index contributed by atoms with van der Waals surface area (Å²) >= 11 is 0. The van der Waals surface area contributed by atoms with Crippen LogP contribution in [-0.4, -0.2) is 30.7 Å². The third-order valence-electron chi connectivity index (χ3n) is 2.90. The number of aliphatic hydroxyl groups is 1. The highest BCUT2D eigenvalue weighted by Crippen LogP contribution is 2.12. The van der Waals surface area contributed by atoms with Crippen LogP contribution in [0.2, 0.25) is 0 Å². The van der Waals surface area contributed by atoms with E-state index < -0.39 is 0 Å². The van der Waals surface area contributed by atoms with Crippen molar-refractivity contribution in [1.29, 1.82) is 0 Å². The zero-order chi connectivity index (χ0) is 13.4. The SMILES string of the molecule is Cc1cccc(C(=O)c2nnc3cc(CO)[nH]n23)c1. The number of benzene rings is 1. The van der Waals surface area contributed by atoms with E-state index in [0.29, 0.717) is 16.9 Å². The van der Waals surface area contributed by atoms with Gasteiger partial charge in [0.1, 0.15) is 0 Å². The fraction of sp³-hybridized carbons (Fsp3) is 0.154. The number of carbonyl (C=O) groups excluding carboxylic acids is 1. The number of rotatable bonds is 3. The molecule has 3 rings (SSSR count). The van der Waals surface area contributed by atoms with E-state index in [1.165, 1.54) is 4.52 Å². The Hall–Kier alpha value is -2.47. The Labute approximate surface area is 108 Å². The molecular weight excluding hydrogens is 244 g/mol. The highest BCUT2D eigenvalue weighted by molar-refractivity contribution is 6.06. The van der Waals surface area contributed by atoms with Crippen LogP contribution in [-0.2, 0) is 6.61 Å². The van der Waals surface area contributed by atoms with Gasteiger partial charge in [-0.25, -0.2) is 4.52 Å². The van der Waals surface area contributed by atoms with Crippen LogP contribution in [0.25, 0.3) is 5.65 Å². The smallest absolute Gasteiger partial charge is 0.232 e. The van der Waals surface area contributed by atoms with Gasteiger partial charge in [-0.1, -0.05) is 23.8 Å². The minimum atomic E-state index is -0.206. The molecule has 0 saturated heterocycles. The van der Waals surface area contributed by atoms with Gasteiger partial charge in [0.25, 0.3) is 0 Å². The number of hydrogen-bond donors (Lipinski definition) is 2. The Bertz CT molecular complexity index is 757. The second kappa shape index (κ2) is 4.33. The normalized spacial score (nSPS) is 11.1. The minimum absolute atomic E-state index is 0.137. The fourth-order valence-electron chi connectivity index (χ4n) is 1.98. The number of nitrogens with zero attached hydrogens (tertiary/aromatic N) is 3. The van der Waals surface area contributed by atoms with E-state index in [-0.39, 0.29) is 18.2 Å².